The van der Waals surface area contributed by atoms with Gasteiger partial charge in [-0.2, -0.15) is 0 Å². The molecule has 1 aliphatic heterocycles. The number of thiophene rings is 1. The van der Waals surface area contributed by atoms with Crippen molar-refractivity contribution in [3.8, 4) is 0 Å². The van der Waals surface area contributed by atoms with Gasteiger partial charge in [-0.15, -0.1) is 11.3 Å². The first-order valence-corrected chi connectivity index (χ1v) is 6.49. The van der Waals surface area contributed by atoms with Gasteiger partial charge in [-0.3, -0.25) is 0 Å². The lowest BCUT2D eigenvalue weighted by atomic mass is 9.84. The van der Waals surface area contributed by atoms with Gasteiger partial charge in [0.2, 0.25) is 0 Å². The van der Waals surface area contributed by atoms with E-state index in [4.69, 9.17) is 0 Å². The van der Waals surface area contributed by atoms with Gasteiger partial charge in [0, 0.05) is 12.6 Å². The zero-order valence-corrected chi connectivity index (χ0v) is 9.70. The maximum absolute atomic E-state index is 3.53. The van der Waals surface area contributed by atoms with Crippen molar-refractivity contribution in [1.82, 2.24) is 5.32 Å². The molecule has 1 N–H and O–H groups in total. The van der Waals surface area contributed by atoms with E-state index in [1.54, 1.807) is 11.3 Å². The van der Waals surface area contributed by atoms with E-state index in [1.807, 2.05) is 0 Å². The summed E-state index contributed by atoms with van der Waals surface area (Å²) >= 11 is 5.31. The number of hydrogen-bond acceptors (Lipinski definition) is 2. The van der Waals surface area contributed by atoms with Gasteiger partial charge in [0.05, 0.1) is 3.79 Å². The molecule has 2 fully saturated rings. The Kier molecular flexibility index (Phi) is 2.00. The molecule has 0 radical (unpaired) electrons. The lowest BCUT2D eigenvalue weighted by molar-refractivity contribution is 0.206. The van der Waals surface area contributed by atoms with Crippen LogP contribution >= 0.6 is 27.3 Å². The Morgan fingerprint density at radius 2 is 2.31 bits per heavy atom. The first-order valence-electron chi connectivity index (χ1n) is 4.82. The fourth-order valence-electron chi connectivity index (χ4n) is 2.19. The molecule has 2 heterocycles. The molecule has 2 unspecified atom stereocenters. The molecular formula is C10H12BrNS. The van der Waals surface area contributed by atoms with Gasteiger partial charge < -0.3 is 5.32 Å². The van der Waals surface area contributed by atoms with E-state index in [0.29, 0.717) is 6.04 Å². The van der Waals surface area contributed by atoms with E-state index < -0.39 is 0 Å². The standard InChI is InChI=1S/C10H12BrNS/c11-9-3-7(5-13-9)10-8(4-12-10)6-1-2-6/h3,5-6,8,10,12H,1-2,4H2. The number of nitrogens with one attached hydrogen (secondary N) is 1. The van der Waals surface area contributed by atoms with Crippen LogP contribution in [0.2, 0.25) is 0 Å². The van der Waals surface area contributed by atoms with Crippen LogP contribution in [0.15, 0.2) is 15.2 Å². The zero-order valence-electron chi connectivity index (χ0n) is 7.29. The van der Waals surface area contributed by atoms with Gasteiger partial charge in [-0.05, 0) is 57.6 Å². The predicted octanol–water partition coefficient (Wildman–Crippen LogP) is 3.18. The molecule has 2 atom stereocenters. The van der Waals surface area contributed by atoms with Crippen LogP contribution in [0.25, 0.3) is 0 Å². The second-order valence-electron chi connectivity index (χ2n) is 4.07. The Morgan fingerprint density at radius 3 is 2.77 bits per heavy atom. The molecule has 70 valence electrons. The maximum atomic E-state index is 3.53. The zero-order chi connectivity index (χ0) is 8.84. The van der Waals surface area contributed by atoms with Crippen molar-refractivity contribution in [2.75, 3.05) is 6.54 Å². The molecule has 1 nitrogen and oxygen atoms in total. The van der Waals surface area contributed by atoms with Crippen LogP contribution in [-0.4, -0.2) is 6.54 Å². The predicted molar refractivity (Wildman–Crippen MR) is 59.0 cm³/mol. The van der Waals surface area contributed by atoms with Crippen molar-refractivity contribution < 1.29 is 0 Å². The maximum Gasteiger partial charge on any atom is 0.0701 e. The van der Waals surface area contributed by atoms with Crippen molar-refractivity contribution in [3.63, 3.8) is 0 Å². The van der Waals surface area contributed by atoms with Crippen molar-refractivity contribution >= 4 is 27.3 Å². The van der Waals surface area contributed by atoms with Crippen LogP contribution in [0, 0.1) is 11.8 Å². The third-order valence-corrected chi connectivity index (χ3v) is 4.70. The van der Waals surface area contributed by atoms with Crippen molar-refractivity contribution in [2.24, 2.45) is 11.8 Å². The molecular weight excluding hydrogens is 246 g/mol. The highest BCUT2D eigenvalue weighted by Gasteiger charge is 2.42. The van der Waals surface area contributed by atoms with Gasteiger partial charge in [0.15, 0.2) is 0 Å². The molecule has 0 spiro atoms. The minimum atomic E-state index is 0.662. The van der Waals surface area contributed by atoms with E-state index in [-0.39, 0.29) is 0 Å². The van der Waals surface area contributed by atoms with Crippen LogP contribution in [0.5, 0.6) is 0 Å². The minimum absolute atomic E-state index is 0.662. The summed E-state index contributed by atoms with van der Waals surface area (Å²) in [7, 11) is 0. The van der Waals surface area contributed by atoms with Gasteiger partial charge in [0.25, 0.3) is 0 Å². The van der Waals surface area contributed by atoms with Crippen LogP contribution in [0.1, 0.15) is 24.4 Å². The second-order valence-corrected chi connectivity index (χ2v) is 6.36. The number of rotatable bonds is 2. The Hall–Kier alpha value is 0.140. The summed E-state index contributed by atoms with van der Waals surface area (Å²) in [6, 6.07) is 2.92. The molecule has 13 heavy (non-hydrogen) atoms. The number of hydrogen-bond donors (Lipinski definition) is 1. The minimum Gasteiger partial charge on any atom is -0.309 e. The van der Waals surface area contributed by atoms with Gasteiger partial charge in [-0.1, -0.05) is 0 Å². The molecule has 1 aromatic rings. The monoisotopic (exact) mass is 257 g/mol. The van der Waals surface area contributed by atoms with E-state index in [9.17, 15) is 0 Å². The largest absolute Gasteiger partial charge is 0.309 e. The van der Waals surface area contributed by atoms with Crippen LogP contribution < -0.4 is 5.32 Å². The first kappa shape index (κ1) is 8.45. The van der Waals surface area contributed by atoms with Gasteiger partial charge in [-0.25, -0.2) is 0 Å². The van der Waals surface area contributed by atoms with Crippen molar-refractivity contribution in [3.05, 3.63) is 20.8 Å². The normalized spacial score (nSPS) is 33.0. The summed E-state index contributed by atoms with van der Waals surface area (Å²) in [6.45, 7) is 1.24. The number of halogens is 1. The third kappa shape index (κ3) is 1.47. The quantitative estimate of drug-likeness (QED) is 0.859. The summed E-state index contributed by atoms with van der Waals surface area (Å²) in [6.07, 6.45) is 2.93. The van der Waals surface area contributed by atoms with Gasteiger partial charge >= 0.3 is 0 Å². The Labute approximate surface area is 90.7 Å². The average molecular weight is 258 g/mol. The molecule has 0 aromatic carbocycles. The molecule has 1 saturated heterocycles. The highest BCUT2D eigenvalue weighted by Crippen LogP contribution is 2.47. The SMILES string of the molecule is Brc1cc(C2NCC2C2CC2)cs1. The Bertz CT molecular complexity index is 318. The van der Waals surface area contributed by atoms with Gasteiger partial charge in [0.1, 0.15) is 0 Å². The lowest BCUT2D eigenvalue weighted by Gasteiger charge is -2.38. The topological polar surface area (TPSA) is 12.0 Å². The van der Waals surface area contributed by atoms with E-state index in [0.717, 1.165) is 11.8 Å². The fourth-order valence-corrected chi connectivity index (χ4v) is 3.40. The first-order chi connectivity index (χ1) is 6.34. The summed E-state index contributed by atoms with van der Waals surface area (Å²) in [5.74, 6) is 1.96. The summed E-state index contributed by atoms with van der Waals surface area (Å²) in [5, 5.41) is 5.81. The van der Waals surface area contributed by atoms with E-state index >= 15 is 0 Å². The average Bonchev–Trinajstić information content (AvgIpc) is 2.75. The molecule has 1 aliphatic carbocycles. The van der Waals surface area contributed by atoms with Crippen LogP contribution in [0.3, 0.4) is 0 Å². The van der Waals surface area contributed by atoms with E-state index in [2.05, 4.69) is 32.7 Å². The van der Waals surface area contributed by atoms with Crippen molar-refractivity contribution in [1.29, 1.82) is 0 Å². The fraction of sp³-hybridized carbons (Fsp3) is 0.600. The van der Waals surface area contributed by atoms with E-state index in [1.165, 1.54) is 28.7 Å². The van der Waals surface area contributed by atoms with Crippen molar-refractivity contribution in [2.45, 2.75) is 18.9 Å². The highest BCUT2D eigenvalue weighted by atomic mass is 79.9. The molecule has 3 rings (SSSR count). The smallest absolute Gasteiger partial charge is 0.0701 e. The molecule has 0 bridgehead atoms. The molecule has 1 saturated carbocycles. The summed E-state index contributed by atoms with van der Waals surface area (Å²) < 4.78 is 1.26. The lowest BCUT2D eigenvalue weighted by Crippen LogP contribution is -2.46. The van der Waals surface area contributed by atoms with Crippen LogP contribution in [-0.2, 0) is 0 Å². The Morgan fingerprint density at radius 1 is 1.46 bits per heavy atom. The molecule has 2 aliphatic rings. The summed E-state index contributed by atoms with van der Waals surface area (Å²) in [4.78, 5) is 0. The molecule has 3 heteroatoms. The molecule has 1 aromatic heterocycles. The van der Waals surface area contributed by atoms with Crippen LogP contribution in [0.4, 0.5) is 0 Å². The second kappa shape index (κ2) is 3.07. The highest BCUT2D eigenvalue weighted by molar-refractivity contribution is 9.11. The Balaban J connectivity index is 1.77. The molecule has 0 amide bonds. The third-order valence-electron chi connectivity index (χ3n) is 3.18. The summed E-state index contributed by atoms with van der Waals surface area (Å²) in [5.41, 5.74) is 1.49.